The zero-order valence-electron chi connectivity index (χ0n) is 8.54. The highest BCUT2D eigenvalue weighted by Crippen LogP contribution is 2.24. The Bertz CT molecular complexity index is 543. The monoisotopic (exact) mass is 345 g/mol. The summed E-state index contributed by atoms with van der Waals surface area (Å²) in [5.41, 5.74) is 7.74. The molecule has 0 aliphatic heterocycles. The van der Waals surface area contributed by atoms with Crippen LogP contribution in [0.2, 0.25) is 5.02 Å². The second-order valence-electron chi connectivity index (χ2n) is 3.39. The van der Waals surface area contributed by atoms with Crippen molar-refractivity contribution in [3.8, 4) is 11.4 Å². The largest absolute Gasteiger partial charge is 0.383 e. The molecule has 82 valence electrons. The maximum absolute atomic E-state index is 5.89. The number of halogens is 2. The zero-order chi connectivity index (χ0) is 11.7. The number of rotatable bonds is 1. The van der Waals surface area contributed by atoms with Gasteiger partial charge in [-0.15, -0.1) is 0 Å². The number of nitrogen functional groups attached to an aromatic ring is 1. The standard InChI is InChI=1S/C11H9ClIN3/c1-6-4-7(12)2-3-8(6)11-15-5-9(13)10(14)16-11/h2-5H,1H3,(H2,14,15,16). The number of benzene rings is 1. The van der Waals surface area contributed by atoms with Crippen LogP contribution in [0.25, 0.3) is 11.4 Å². The zero-order valence-corrected chi connectivity index (χ0v) is 11.5. The third kappa shape index (κ3) is 2.27. The van der Waals surface area contributed by atoms with Gasteiger partial charge in [-0.25, -0.2) is 9.97 Å². The Morgan fingerprint density at radius 2 is 2.12 bits per heavy atom. The van der Waals surface area contributed by atoms with E-state index in [1.165, 1.54) is 0 Å². The molecule has 0 unspecified atom stereocenters. The smallest absolute Gasteiger partial charge is 0.161 e. The van der Waals surface area contributed by atoms with Gasteiger partial charge in [0, 0.05) is 16.8 Å². The molecule has 0 bridgehead atoms. The number of hydrogen-bond acceptors (Lipinski definition) is 3. The molecule has 0 spiro atoms. The van der Waals surface area contributed by atoms with Crippen LogP contribution in [0, 0.1) is 10.5 Å². The first-order valence-corrected chi connectivity index (χ1v) is 6.08. The Morgan fingerprint density at radius 3 is 2.75 bits per heavy atom. The molecule has 0 amide bonds. The van der Waals surface area contributed by atoms with Crippen molar-refractivity contribution in [2.24, 2.45) is 0 Å². The third-order valence-corrected chi connectivity index (χ3v) is 3.27. The Labute approximate surface area is 112 Å². The van der Waals surface area contributed by atoms with Gasteiger partial charge in [-0.3, -0.25) is 0 Å². The minimum absolute atomic E-state index is 0.500. The lowest BCUT2D eigenvalue weighted by Gasteiger charge is -2.06. The van der Waals surface area contributed by atoms with Gasteiger partial charge in [-0.2, -0.15) is 0 Å². The van der Waals surface area contributed by atoms with E-state index in [0.29, 0.717) is 16.7 Å². The minimum atomic E-state index is 0.500. The van der Waals surface area contributed by atoms with E-state index in [9.17, 15) is 0 Å². The van der Waals surface area contributed by atoms with Gasteiger partial charge in [0.15, 0.2) is 5.82 Å². The Morgan fingerprint density at radius 1 is 1.38 bits per heavy atom. The van der Waals surface area contributed by atoms with Crippen LogP contribution in [-0.2, 0) is 0 Å². The fourth-order valence-electron chi connectivity index (χ4n) is 1.39. The van der Waals surface area contributed by atoms with E-state index in [1.54, 1.807) is 6.20 Å². The van der Waals surface area contributed by atoms with Crippen LogP contribution >= 0.6 is 34.2 Å². The van der Waals surface area contributed by atoms with Gasteiger partial charge in [0.05, 0.1) is 3.57 Å². The SMILES string of the molecule is Cc1cc(Cl)ccc1-c1ncc(I)c(N)n1. The molecule has 1 aromatic carbocycles. The first-order chi connectivity index (χ1) is 7.58. The Kier molecular flexibility index (Phi) is 3.30. The maximum atomic E-state index is 5.89. The van der Waals surface area contributed by atoms with Gasteiger partial charge in [0.1, 0.15) is 5.82 Å². The molecule has 0 aliphatic rings. The molecule has 2 rings (SSSR count). The van der Waals surface area contributed by atoms with E-state index in [0.717, 1.165) is 14.7 Å². The van der Waals surface area contributed by atoms with Crippen LogP contribution in [0.1, 0.15) is 5.56 Å². The summed E-state index contributed by atoms with van der Waals surface area (Å²) in [6, 6.07) is 5.61. The second-order valence-corrected chi connectivity index (χ2v) is 4.98. The Balaban J connectivity index is 2.54. The first-order valence-electron chi connectivity index (χ1n) is 4.62. The van der Waals surface area contributed by atoms with Crippen LogP contribution in [0.3, 0.4) is 0 Å². The van der Waals surface area contributed by atoms with E-state index in [-0.39, 0.29) is 0 Å². The molecular formula is C11H9ClIN3. The molecule has 1 aromatic heterocycles. The fraction of sp³-hybridized carbons (Fsp3) is 0.0909. The number of aryl methyl sites for hydroxylation is 1. The highest BCUT2D eigenvalue weighted by molar-refractivity contribution is 14.1. The van der Waals surface area contributed by atoms with Gasteiger partial charge in [0.25, 0.3) is 0 Å². The molecule has 2 N–H and O–H groups in total. The lowest BCUT2D eigenvalue weighted by Crippen LogP contribution is -1.99. The molecule has 16 heavy (non-hydrogen) atoms. The van der Waals surface area contributed by atoms with E-state index in [4.69, 9.17) is 17.3 Å². The number of hydrogen-bond donors (Lipinski definition) is 1. The van der Waals surface area contributed by atoms with E-state index in [2.05, 4.69) is 32.6 Å². The van der Waals surface area contributed by atoms with Crippen LogP contribution in [-0.4, -0.2) is 9.97 Å². The van der Waals surface area contributed by atoms with Crippen molar-refractivity contribution < 1.29 is 0 Å². The van der Waals surface area contributed by atoms with Crippen molar-refractivity contribution in [1.82, 2.24) is 9.97 Å². The highest BCUT2D eigenvalue weighted by atomic mass is 127. The summed E-state index contributed by atoms with van der Waals surface area (Å²) in [6.07, 6.45) is 1.71. The molecule has 2 aromatic rings. The van der Waals surface area contributed by atoms with Gasteiger partial charge >= 0.3 is 0 Å². The van der Waals surface area contributed by atoms with Gasteiger partial charge < -0.3 is 5.73 Å². The molecule has 0 saturated carbocycles. The summed E-state index contributed by atoms with van der Waals surface area (Å²) >= 11 is 8.00. The predicted octanol–water partition coefficient (Wildman–Crippen LogP) is 3.29. The number of nitrogens with two attached hydrogens (primary N) is 1. The minimum Gasteiger partial charge on any atom is -0.383 e. The summed E-state index contributed by atoms with van der Waals surface area (Å²) in [5.74, 6) is 1.13. The van der Waals surface area contributed by atoms with Crippen molar-refractivity contribution in [3.63, 3.8) is 0 Å². The number of aromatic nitrogens is 2. The normalized spacial score (nSPS) is 10.4. The summed E-state index contributed by atoms with van der Waals surface area (Å²) in [6.45, 7) is 1.97. The van der Waals surface area contributed by atoms with E-state index >= 15 is 0 Å². The lowest BCUT2D eigenvalue weighted by atomic mass is 10.1. The van der Waals surface area contributed by atoms with Crippen molar-refractivity contribution in [2.45, 2.75) is 6.92 Å². The summed E-state index contributed by atoms with van der Waals surface area (Å²) in [4.78, 5) is 8.51. The molecule has 0 atom stereocenters. The van der Waals surface area contributed by atoms with Crippen molar-refractivity contribution in [1.29, 1.82) is 0 Å². The average Bonchev–Trinajstić information content (AvgIpc) is 2.22. The van der Waals surface area contributed by atoms with Crippen LogP contribution < -0.4 is 5.73 Å². The topological polar surface area (TPSA) is 51.8 Å². The van der Waals surface area contributed by atoms with Crippen LogP contribution in [0.4, 0.5) is 5.82 Å². The van der Waals surface area contributed by atoms with Crippen molar-refractivity contribution >= 4 is 40.0 Å². The summed E-state index contributed by atoms with van der Waals surface area (Å²) < 4.78 is 0.855. The lowest BCUT2D eigenvalue weighted by molar-refractivity contribution is 1.16. The highest BCUT2D eigenvalue weighted by Gasteiger charge is 2.07. The molecular weight excluding hydrogens is 336 g/mol. The predicted molar refractivity (Wildman–Crippen MR) is 74.3 cm³/mol. The van der Waals surface area contributed by atoms with Crippen molar-refractivity contribution in [3.05, 3.63) is 38.6 Å². The van der Waals surface area contributed by atoms with Crippen LogP contribution in [0.15, 0.2) is 24.4 Å². The number of nitrogens with zero attached hydrogens (tertiary/aromatic N) is 2. The molecule has 0 radical (unpaired) electrons. The average molecular weight is 346 g/mol. The van der Waals surface area contributed by atoms with Crippen molar-refractivity contribution in [2.75, 3.05) is 5.73 Å². The van der Waals surface area contributed by atoms with Gasteiger partial charge in [-0.1, -0.05) is 11.6 Å². The van der Waals surface area contributed by atoms with E-state index < -0.39 is 0 Å². The summed E-state index contributed by atoms with van der Waals surface area (Å²) in [7, 11) is 0. The molecule has 1 heterocycles. The molecule has 0 fully saturated rings. The van der Waals surface area contributed by atoms with Gasteiger partial charge in [0.2, 0.25) is 0 Å². The molecule has 0 saturated heterocycles. The second kappa shape index (κ2) is 4.55. The molecule has 0 aliphatic carbocycles. The fourth-order valence-corrected chi connectivity index (χ4v) is 1.87. The third-order valence-electron chi connectivity index (χ3n) is 2.20. The maximum Gasteiger partial charge on any atom is 0.161 e. The van der Waals surface area contributed by atoms with Gasteiger partial charge in [-0.05, 0) is 53.3 Å². The number of anilines is 1. The summed E-state index contributed by atoms with van der Waals surface area (Å²) in [5, 5.41) is 0.708. The van der Waals surface area contributed by atoms with E-state index in [1.807, 2.05) is 25.1 Å². The quantitative estimate of drug-likeness (QED) is 0.807. The molecule has 3 nitrogen and oxygen atoms in total. The Hall–Kier alpha value is -0.880. The first kappa shape index (κ1) is 11.6. The molecule has 5 heteroatoms. The van der Waals surface area contributed by atoms with Crippen LogP contribution in [0.5, 0.6) is 0 Å².